The normalized spacial score (nSPS) is 17.2. The monoisotopic (exact) mass is 274 g/mol. The summed E-state index contributed by atoms with van der Waals surface area (Å²) in [6.07, 6.45) is 2.53. The maximum Gasteiger partial charge on any atom is 0.282 e. The molecule has 5 nitrogen and oxygen atoms in total. The Hall–Kier alpha value is -0.720. The average molecular weight is 275 g/mol. The van der Waals surface area contributed by atoms with Crippen molar-refractivity contribution in [3.63, 3.8) is 0 Å². The first kappa shape index (κ1) is 12.7. The molecule has 1 amide bonds. The molecule has 1 aromatic rings. The molecule has 2 rings (SSSR count). The van der Waals surface area contributed by atoms with E-state index in [1.807, 2.05) is 0 Å². The molecule has 7 heteroatoms. The zero-order valence-electron chi connectivity index (χ0n) is 9.81. The van der Waals surface area contributed by atoms with Crippen LogP contribution in [0.3, 0.4) is 0 Å². The molecule has 1 heterocycles. The molecule has 1 aliphatic carbocycles. The predicted molar refractivity (Wildman–Crippen MR) is 67.5 cm³/mol. The van der Waals surface area contributed by atoms with Crippen molar-refractivity contribution in [3.8, 4) is 0 Å². The molecule has 1 aromatic heterocycles. The van der Waals surface area contributed by atoms with Gasteiger partial charge in [-0.1, -0.05) is 11.3 Å². The van der Waals surface area contributed by atoms with Crippen LogP contribution >= 0.6 is 22.9 Å². The fourth-order valence-electron chi connectivity index (χ4n) is 1.60. The molecule has 1 unspecified atom stereocenters. The molecule has 0 radical (unpaired) electrons. The highest BCUT2D eigenvalue weighted by Gasteiger charge is 2.29. The van der Waals surface area contributed by atoms with Crippen LogP contribution in [-0.2, 0) is 0 Å². The van der Waals surface area contributed by atoms with Crippen molar-refractivity contribution in [3.05, 3.63) is 9.47 Å². The molecular weight excluding hydrogens is 260 g/mol. The van der Waals surface area contributed by atoms with Gasteiger partial charge < -0.3 is 5.32 Å². The molecule has 0 aliphatic heterocycles. The maximum atomic E-state index is 11.7. The summed E-state index contributed by atoms with van der Waals surface area (Å²) in [5.74, 6) is -0.203. The summed E-state index contributed by atoms with van der Waals surface area (Å²) in [4.78, 5) is 14.0. The molecule has 0 spiro atoms. The molecule has 1 atom stereocenters. The van der Waals surface area contributed by atoms with E-state index in [9.17, 15) is 4.79 Å². The number of likely N-dealkylation sites (N-methyl/N-ethyl adjacent to an activating group) is 1. The number of nitrogens with one attached hydrogen (secondary N) is 1. The number of halogens is 1. The van der Waals surface area contributed by atoms with Gasteiger partial charge >= 0.3 is 0 Å². The number of hydrogen-bond acceptors (Lipinski definition) is 5. The van der Waals surface area contributed by atoms with E-state index in [-0.39, 0.29) is 5.91 Å². The first-order valence-corrected chi connectivity index (χ1v) is 6.76. The van der Waals surface area contributed by atoms with Crippen molar-refractivity contribution in [2.45, 2.75) is 31.8 Å². The standard InChI is InChI=1S/C10H15ClN4OS/c1-6(15(2)7-3-4-7)5-12-8(16)9-13-14-10(11)17-9/h6-7H,3-5H2,1-2H3,(H,12,16). The van der Waals surface area contributed by atoms with Gasteiger partial charge in [0.05, 0.1) is 0 Å². The molecule has 1 N–H and O–H groups in total. The number of hydrogen-bond donors (Lipinski definition) is 1. The van der Waals surface area contributed by atoms with Gasteiger partial charge in [-0.2, -0.15) is 0 Å². The fourth-order valence-corrected chi connectivity index (χ4v) is 2.34. The van der Waals surface area contributed by atoms with Gasteiger partial charge in [-0.15, -0.1) is 10.2 Å². The minimum atomic E-state index is -0.203. The third-order valence-corrected chi connectivity index (χ3v) is 3.99. The van der Waals surface area contributed by atoms with Gasteiger partial charge in [0.25, 0.3) is 5.91 Å². The number of amides is 1. The van der Waals surface area contributed by atoms with Crippen molar-refractivity contribution in [2.75, 3.05) is 13.6 Å². The average Bonchev–Trinajstić information content (AvgIpc) is 3.07. The van der Waals surface area contributed by atoms with E-state index in [4.69, 9.17) is 11.6 Å². The van der Waals surface area contributed by atoms with Crippen LogP contribution in [-0.4, -0.2) is 46.7 Å². The van der Waals surface area contributed by atoms with E-state index in [0.29, 0.717) is 28.1 Å². The molecule has 94 valence electrons. The summed E-state index contributed by atoms with van der Waals surface area (Å²) in [5, 5.41) is 10.5. The minimum absolute atomic E-state index is 0.203. The highest BCUT2D eigenvalue weighted by molar-refractivity contribution is 7.17. The van der Waals surface area contributed by atoms with Crippen LogP contribution in [0.1, 0.15) is 29.6 Å². The van der Waals surface area contributed by atoms with E-state index in [1.54, 1.807) is 0 Å². The van der Waals surface area contributed by atoms with Crippen LogP contribution in [0.15, 0.2) is 0 Å². The van der Waals surface area contributed by atoms with Crippen molar-refractivity contribution in [1.82, 2.24) is 20.4 Å². The van der Waals surface area contributed by atoms with E-state index in [2.05, 4.69) is 34.4 Å². The van der Waals surface area contributed by atoms with Crippen molar-refractivity contribution in [1.29, 1.82) is 0 Å². The Morgan fingerprint density at radius 1 is 1.65 bits per heavy atom. The Morgan fingerprint density at radius 3 is 2.88 bits per heavy atom. The van der Waals surface area contributed by atoms with Gasteiger partial charge in [0.15, 0.2) is 0 Å². The molecular formula is C10H15ClN4OS. The van der Waals surface area contributed by atoms with Crippen LogP contribution < -0.4 is 5.32 Å². The predicted octanol–water partition coefficient (Wildman–Crippen LogP) is 1.40. The smallest absolute Gasteiger partial charge is 0.282 e. The van der Waals surface area contributed by atoms with Gasteiger partial charge in [0.1, 0.15) is 0 Å². The van der Waals surface area contributed by atoms with Gasteiger partial charge in [0.2, 0.25) is 9.47 Å². The lowest BCUT2D eigenvalue weighted by molar-refractivity contribution is 0.0938. The summed E-state index contributed by atoms with van der Waals surface area (Å²) in [5.41, 5.74) is 0. The number of carbonyl (C=O) groups excluding carboxylic acids is 1. The first-order valence-electron chi connectivity index (χ1n) is 5.57. The molecule has 17 heavy (non-hydrogen) atoms. The maximum absolute atomic E-state index is 11.7. The fraction of sp³-hybridized carbons (Fsp3) is 0.700. The largest absolute Gasteiger partial charge is 0.348 e. The summed E-state index contributed by atoms with van der Waals surface area (Å²) in [6.45, 7) is 2.72. The molecule has 1 fully saturated rings. The summed E-state index contributed by atoms with van der Waals surface area (Å²) < 4.78 is 0.290. The Morgan fingerprint density at radius 2 is 2.35 bits per heavy atom. The molecule has 0 bridgehead atoms. The summed E-state index contributed by atoms with van der Waals surface area (Å²) >= 11 is 6.72. The lowest BCUT2D eigenvalue weighted by atomic mass is 10.3. The second-order valence-electron chi connectivity index (χ2n) is 4.32. The van der Waals surface area contributed by atoms with E-state index in [1.165, 1.54) is 12.8 Å². The quantitative estimate of drug-likeness (QED) is 0.882. The third-order valence-electron chi connectivity index (χ3n) is 2.97. The Kier molecular flexibility index (Phi) is 3.96. The van der Waals surface area contributed by atoms with Crippen LogP contribution in [0.4, 0.5) is 0 Å². The zero-order chi connectivity index (χ0) is 12.4. The van der Waals surface area contributed by atoms with Crippen molar-refractivity contribution < 1.29 is 4.79 Å². The van der Waals surface area contributed by atoms with Crippen LogP contribution in [0.25, 0.3) is 0 Å². The van der Waals surface area contributed by atoms with Gasteiger partial charge in [-0.3, -0.25) is 9.69 Å². The Labute approximate surface area is 109 Å². The molecule has 1 aliphatic rings. The highest BCUT2D eigenvalue weighted by Crippen LogP contribution is 2.26. The number of nitrogens with zero attached hydrogens (tertiary/aromatic N) is 3. The van der Waals surface area contributed by atoms with E-state index < -0.39 is 0 Å². The zero-order valence-corrected chi connectivity index (χ0v) is 11.4. The first-order chi connectivity index (χ1) is 8.08. The third kappa shape index (κ3) is 3.37. The lowest BCUT2D eigenvalue weighted by Crippen LogP contribution is -2.41. The van der Waals surface area contributed by atoms with Crippen molar-refractivity contribution in [2.24, 2.45) is 0 Å². The number of aromatic nitrogens is 2. The summed E-state index contributed by atoms with van der Waals surface area (Å²) in [6, 6.07) is 1.02. The minimum Gasteiger partial charge on any atom is -0.348 e. The van der Waals surface area contributed by atoms with Crippen LogP contribution in [0.5, 0.6) is 0 Å². The summed E-state index contributed by atoms with van der Waals surface area (Å²) in [7, 11) is 2.09. The SMILES string of the molecule is CC(CNC(=O)c1nnc(Cl)s1)N(C)C1CC1. The lowest BCUT2D eigenvalue weighted by Gasteiger charge is -2.24. The van der Waals surface area contributed by atoms with E-state index in [0.717, 1.165) is 11.3 Å². The number of rotatable bonds is 5. The van der Waals surface area contributed by atoms with E-state index >= 15 is 0 Å². The Balaban J connectivity index is 1.79. The van der Waals surface area contributed by atoms with Crippen LogP contribution in [0, 0.1) is 0 Å². The van der Waals surface area contributed by atoms with Gasteiger partial charge in [-0.05, 0) is 38.4 Å². The molecule has 0 saturated heterocycles. The van der Waals surface area contributed by atoms with Gasteiger partial charge in [-0.25, -0.2) is 0 Å². The second-order valence-corrected chi connectivity index (χ2v) is 5.88. The van der Waals surface area contributed by atoms with Gasteiger partial charge in [0, 0.05) is 18.6 Å². The molecule has 0 aromatic carbocycles. The molecule has 1 saturated carbocycles. The Bertz CT molecular complexity index is 407. The second kappa shape index (κ2) is 5.29. The number of carbonyl (C=O) groups is 1. The van der Waals surface area contributed by atoms with Crippen molar-refractivity contribution >= 4 is 28.8 Å². The highest BCUT2D eigenvalue weighted by atomic mass is 35.5. The topological polar surface area (TPSA) is 58.1 Å². The van der Waals surface area contributed by atoms with Crippen LogP contribution in [0.2, 0.25) is 4.47 Å².